The Labute approximate surface area is 217 Å². The lowest BCUT2D eigenvalue weighted by molar-refractivity contribution is -0.0506. The molecule has 3 aromatic heterocycles. The molecule has 2 atom stereocenters. The van der Waals surface area contributed by atoms with Crippen LogP contribution in [0.2, 0.25) is 0 Å². The van der Waals surface area contributed by atoms with E-state index in [2.05, 4.69) is 15.0 Å². The third-order valence-corrected chi connectivity index (χ3v) is 7.80. The van der Waals surface area contributed by atoms with Crippen molar-refractivity contribution in [1.82, 2.24) is 19.4 Å². The van der Waals surface area contributed by atoms with Crippen LogP contribution < -0.4 is 4.74 Å². The number of hydrogen-bond acceptors (Lipinski definition) is 6. The van der Waals surface area contributed by atoms with Crippen molar-refractivity contribution in [3.8, 4) is 16.9 Å². The maximum Gasteiger partial charge on any atom is 0.387 e. The van der Waals surface area contributed by atoms with Gasteiger partial charge in [-0.05, 0) is 45.1 Å². The van der Waals surface area contributed by atoms with Crippen molar-refractivity contribution >= 4 is 5.65 Å². The number of aliphatic hydroxyl groups is 2. The van der Waals surface area contributed by atoms with Gasteiger partial charge in [0.15, 0.2) is 0 Å². The minimum absolute atomic E-state index is 0.0260. The van der Waals surface area contributed by atoms with Crippen molar-refractivity contribution in [2.24, 2.45) is 0 Å². The van der Waals surface area contributed by atoms with Crippen molar-refractivity contribution in [2.45, 2.75) is 69.2 Å². The molecule has 4 aromatic rings. The number of benzene rings is 1. The van der Waals surface area contributed by atoms with Crippen LogP contribution in [0.1, 0.15) is 79.7 Å². The number of ether oxygens (including phenoxy) is 1. The fraction of sp³-hybridized carbons (Fsp3) is 0.393. The maximum atomic E-state index is 15.2. The van der Waals surface area contributed by atoms with Crippen LogP contribution in [-0.4, -0.2) is 41.8 Å². The van der Waals surface area contributed by atoms with Gasteiger partial charge in [-0.2, -0.15) is 8.78 Å². The van der Waals surface area contributed by atoms with Crippen LogP contribution in [-0.2, 0) is 0 Å². The second kappa shape index (κ2) is 9.36. The average molecular weight is 525 g/mol. The fourth-order valence-electron chi connectivity index (χ4n) is 5.78. The molecule has 2 aliphatic carbocycles. The highest BCUT2D eigenvalue weighted by Crippen LogP contribution is 2.47. The number of fused-ring (bicyclic) bond motifs is 3. The van der Waals surface area contributed by atoms with Gasteiger partial charge in [-0.1, -0.05) is 18.2 Å². The molecule has 0 saturated heterocycles. The molecular formula is C28H27F3N4O3. The number of rotatable bonds is 5. The molecule has 10 heteroatoms. The zero-order chi connectivity index (χ0) is 26.6. The molecule has 7 nitrogen and oxygen atoms in total. The average Bonchev–Trinajstić information content (AvgIpc) is 3.40. The number of nitrogens with zero attached hydrogens (tertiary/aromatic N) is 4. The van der Waals surface area contributed by atoms with Gasteiger partial charge in [0.1, 0.15) is 23.0 Å². The quantitative estimate of drug-likeness (QED) is 0.358. The topological polar surface area (TPSA) is 92.8 Å². The Morgan fingerprint density at radius 2 is 1.84 bits per heavy atom. The highest BCUT2D eigenvalue weighted by atomic mass is 19.3. The Hall–Kier alpha value is -3.50. The minimum atomic E-state index is -2.99. The summed E-state index contributed by atoms with van der Waals surface area (Å²) in [6.07, 6.45) is 7.01. The Bertz CT molecular complexity index is 1480. The van der Waals surface area contributed by atoms with Gasteiger partial charge < -0.3 is 19.4 Å². The summed E-state index contributed by atoms with van der Waals surface area (Å²) in [6.45, 7) is -1.15. The molecule has 2 aliphatic rings. The third kappa shape index (κ3) is 4.41. The third-order valence-electron chi connectivity index (χ3n) is 7.80. The molecule has 3 heterocycles. The van der Waals surface area contributed by atoms with Crippen LogP contribution in [0, 0.1) is 5.82 Å². The molecule has 0 spiro atoms. The summed E-state index contributed by atoms with van der Waals surface area (Å²) in [4.78, 5) is 13.5. The van der Waals surface area contributed by atoms with E-state index in [1.807, 2.05) is 6.92 Å². The summed E-state index contributed by atoms with van der Waals surface area (Å²) in [5, 5.41) is 20.9. The first-order valence-corrected chi connectivity index (χ1v) is 12.7. The number of pyridine rings is 1. The first kappa shape index (κ1) is 24.8. The van der Waals surface area contributed by atoms with Crippen LogP contribution in [0.3, 0.4) is 0 Å². The van der Waals surface area contributed by atoms with Crippen molar-refractivity contribution in [1.29, 1.82) is 0 Å². The van der Waals surface area contributed by atoms with E-state index in [1.54, 1.807) is 41.2 Å². The predicted molar refractivity (Wildman–Crippen MR) is 133 cm³/mol. The zero-order valence-electron chi connectivity index (χ0n) is 20.7. The molecule has 198 valence electrons. The van der Waals surface area contributed by atoms with Gasteiger partial charge in [0, 0.05) is 53.2 Å². The Kier molecular flexibility index (Phi) is 6.11. The summed E-state index contributed by atoms with van der Waals surface area (Å²) in [6, 6.07) is 7.77. The summed E-state index contributed by atoms with van der Waals surface area (Å²) in [7, 11) is 0. The normalized spacial score (nSPS) is 25.2. The molecule has 0 unspecified atom stereocenters. The van der Waals surface area contributed by atoms with Gasteiger partial charge in [0.2, 0.25) is 0 Å². The molecule has 1 fully saturated rings. The van der Waals surface area contributed by atoms with E-state index in [0.29, 0.717) is 46.8 Å². The van der Waals surface area contributed by atoms with E-state index < -0.39 is 30.1 Å². The number of aromatic nitrogens is 4. The van der Waals surface area contributed by atoms with Gasteiger partial charge in [-0.3, -0.25) is 0 Å². The SMILES string of the molecule is C[C@]1(O)CC[C@@H](c2ncc(-c3cn4c5c(nc4cc3F)[C@H](O)C[C@@H]5c3ccccc3OC(F)F)cn2)CC1. The second-order valence-electron chi connectivity index (χ2n) is 10.5. The number of aliphatic hydroxyl groups excluding tert-OH is 1. The van der Waals surface area contributed by atoms with Crippen molar-refractivity contribution < 1.29 is 28.1 Å². The van der Waals surface area contributed by atoms with Gasteiger partial charge in [0.05, 0.1) is 23.1 Å². The van der Waals surface area contributed by atoms with Crippen molar-refractivity contribution in [3.63, 3.8) is 0 Å². The first-order valence-electron chi connectivity index (χ1n) is 12.7. The number of para-hydroxylation sites is 1. The molecule has 0 radical (unpaired) electrons. The lowest BCUT2D eigenvalue weighted by Crippen LogP contribution is -2.30. The second-order valence-corrected chi connectivity index (χ2v) is 10.5. The number of imidazole rings is 1. The molecular weight excluding hydrogens is 497 g/mol. The number of hydrogen-bond donors (Lipinski definition) is 2. The molecule has 1 saturated carbocycles. The summed E-state index contributed by atoms with van der Waals surface area (Å²) >= 11 is 0. The molecule has 0 bridgehead atoms. The standard InChI is InChI=1S/C28H27F3N4O3/c1-28(37)8-6-15(7-9-28)26-32-12-16(13-33-26)19-14-35-23(11-20(19)29)34-24-21(36)10-18(25(24)35)17-4-2-3-5-22(17)38-27(30)31/h2-5,11-15,18,21,27,36-37H,6-10H2,1H3/t15-,18-,21-,28+/m1/s1. The van der Waals surface area contributed by atoms with Crippen LogP contribution in [0.15, 0.2) is 48.9 Å². The zero-order valence-corrected chi connectivity index (χ0v) is 20.7. The van der Waals surface area contributed by atoms with E-state index >= 15 is 4.39 Å². The minimum Gasteiger partial charge on any atom is -0.435 e. The summed E-state index contributed by atoms with van der Waals surface area (Å²) in [5.74, 6) is -0.151. The van der Waals surface area contributed by atoms with E-state index in [-0.39, 0.29) is 23.7 Å². The van der Waals surface area contributed by atoms with Gasteiger partial charge in [-0.25, -0.2) is 19.3 Å². The Balaban J connectivity index is 1.37. The monoisotopic (exact) mass is 524 g/mol. The lowest BCUT2D eigenvalue weighted by Gasteiger charge is -2.32. The van der Waals surface area contributed by atoms with E-state index in [4.69, 9.17) is 4.74 Å². The highest BCUT2D eigenvalue weighted by Gasteiger charge is 2.38. The van der Waals surface area contributed by atoms with Crippen LogP contribution in [0.25, 0.3) is 16.8 Å². The van der Waals surface area contributed by atoms with Gasteiger partial charge in [0.25, 0.3) is 0 Å². The number of alkyl halides is 2. The van der Waals surface area contributed by atoms with Crippen molar-refractivity contribution in [3.05, 3.63) is 77.5 Å². The highest BCUT2D eigenvalue weighted by molar-refractivity contribution is 5.65. The molecule has 0 amide bonds. The van der Waals surface area contributed by atoms with Crippen LogP contribution in [0.4, 0.5) is 13.2 Å². The molecule has 38 heavy (non-hydrogen) atoms. The van der Waals surface area contributed by atoms with E-state index in [0.717, 1.165) is 12.8 Å². The number of halogens is 3. The predicted octanol–water partition coefficient (Wildman–Crippen LogP) is 5.51. The van der Waals surface area contributed by atoms with Crippen LogP contribution in [0.5, 0.6) is 5.75 Å². The Morgan fingerprint density at radius 3 is 2.55 bits per heavy atom. The van der Waals surface area contributed by atoms with Crippen LogP contribution >= 0.6 is 0 Å². The fourth-order valence-corrected chi connectivity index (χ4v) is 5.78. The molecule has 0 aliphatic heterocycles. The largest absolute Gasteiger partial charge is 0.435 e. The first-order chi connectivity index (χ1) is 18.2. The smallest absolute Gasteiger partial charge is 0.387 e. The summed E-state index contributed by atoms with van der Waals surface area (Å²) < 4.78 is 47.8. The molecule has 1 aromatic carbocycles. The van der Waals surface area contributed by atoms with Gasteiger partial charge in [-0.15, -0.1) is 0 Å². The summed E-state index contributed by atoms with van der Waals surface area (Å²) in [5.41, 5.74) is 1.88. The lowest BCUT2D eigenvalue weighted by atomic mass is 9.79. The Morgan fingerprint density at radius 1 is 1.13 bits per heavy atom. The molecule has 2 N–H and O–H groups in total. The van der Waals surface area contributed by atoms with Crippen molar-refractivity contribution in [2.75, 3.05) is 0 Å². The molecule has 6 rings (SSSR count). The maximum absolute atomic E-state index is 15.2. The van der Waals surface area contributed by atoms with Gasteiger partial charge >= 0.3 is 6.61 Å². The van der Waals surface area contributed by atoms with E-state index in [1.165, 1.54) is 12.1 Å². The van der Waals surface area contributed by atoms with E-state index in [9.17, 15) is 19.0 Å².